The van der Waals surface area contributed by atoms with Gasteiger partial charge >= 0.3 is 0 Å². The van der Waals surface area contributed by atoms with E-state index in [0.717, 1.165) is 10.6 Å². The highest BCUT2D eigenvalue weighted by Crippen LogP contribution is 2.23. The highest BCUT2D eigenvalue weighted by molar-refractivity contribution is 7.13. The molecule has 25 heavy (non-hydrogen) atoms. The van der Waals surface area contributed by atoms with Crippen molar-refractivity contribution in [3.63, 3.8) is 0 Å². The van der Waals surface area contributed by atoms with Gasteiger partial charge in [0, 0.05) is 18.0 Å². The highest BCUT2D eigenvalue weighted by atomic mass is 32.1. The average molecular weight is 351 g/mol. The van der Waals surface area contributed by atoms with Crippen molar-refractivity contribution in [3.8, 4) is 10.6 Å². The van der Waals surface area contributed by atoms with E-state index in [1.54, 1.807) is 31.3 Å². The Kier molecular flexibility index (Phi) is 5.20. The van der Waals surface area contributed by atoms with Crippen LogP contribution in [0.25, 0.3) is 10.6 Å². The predicted molar refractivity (Wildman–Crippen MR) is 99.7 cm³/mol. The molecule has 3 aromatic rings. The number of para-hydroxylation sites is 1. The van der Waals surface area contributed by atoms with Crippen molar-refractivity contribution in [1.29, 1.82) is 0 Å². The van der Waals surface area contributed by atoms with Crippen LogP contribution in [-0.2, 0) is 11.2 Å². The van der Waals surface area contributed by atoms with Gasteiger partial charge < -0.3 is 10.6 Å². The van der Waals surface area contributed by atoms with Crippen LogP contribution in [0.4, 0.5) is 5.69 Å². The Hall–Kier alpha value is -2.99. The molecule has 0 atom stereocenters. The molecule has 2 amide bonds. The minimum absolute atomic E-state index is 0.158. The molecule has 6 heteroatoms. The number of benzene rings is 2. The molecule has 0 saturated heterocycles. The number of hydrogen-bond acceptors (Lipinski definition) is 4. The van der Waals surface area contributed by atoms with Crippen molar-refractivity contribution in [2.75, 3.05) is 12.4 Å². The smallest absolute Gasteiger partial charge is 0.253 e. The zero-order valence-corrected chi connectivity index (χ0v) is 14.5. The zero-order valence-electron chi connectivity index (χ0n) is 13.7. The second-order valence-corrected chi connectivity index (χ2v) is 6.22. The number of thiazole rings is 1. The van der Waals surface area contributed by atoms with Crippen LogP contribution in [0.3, 0.4) is 0 Å². The number of anilines is 1. The van der Waals surface area contributed by atoms with Crippen LogP contribution in [0.1, 0.15) is 16.1 Å². The number of amides is 2. The Morgan fingerprint density at radius 2 is 1.76 bits per heavy atom. The van der Waals surface area contributed by atoms with E-state index < -0.39 is 0 Å². The Bertz CT molecular complexity index is 890. The van der Waals surface area contributed by atoms with Gasteiger partial charge in [-0.3, -0.25) is 9.59 Å². The van der Waals surface area contributed by atoms with Crippen LogP contribution in [0.15, 0.2) is 60.0 Å². The van der Waals surface area contributed by atoms with Crippen molar-refractivity contribution in [2.45, 2.75) is 6.42 Å². The number of nitrogens with one attached hydrogen (secondary N) is 2. The Morgan fingerprint density at radius 3 is 2.52 bits per heavy atom. The maximum absolute atomic E-state index is 12.3. The first kappa shape index (κ1) is 16.9. The van der Waals surface area contributed by atoms with Crippen LogP contribution < -0.4 is 10.6 Å². The molecule has 5 nitrogen and oxygen atoms in total. The molecule has 0 unspecified atom stereocenters. The lowest BCUT2D eigenvalue weighted by atomic mass is 10.1. The molecule has 0 spiro atoms. The summed E-state index contributed by atoms with van der Waals surface area (Å²) in [7, 11) is 1.56. The van der Waals surface area contributed by atoms with Gasteiger partial charge in [-0.15, -0.1) is 11.3 Å². The van der Waals surface area contributed by atoms with Gasteiger partial charge in [-0.2, -0.15) is 0 Å². The molecule has 0 aliphatic carbocycles. The van der Waals surface area contributed by atoms with E-state index in [1.807, 2.05) is 35.7 Å². The minimum atomic E-state index is -0.240. The second kappa shape index (κ2) is 7.72. The summed E-state index contributed by atoms with van der Waals surface area (Å²) in [6.07, 6.45) is 0.158. The lowest BCUT2D eigenvalue weighted by molar-refractivity contribution is -0.115. The quantitative estimate of drug-likeness (QED) is 0.740. The van der Waals surface area contributed by atoms with Gasteiger partial charge in [0.2, 0.25) is 5.91 Å². The van der Waals surface area contributed by atoms with Crippen molar-refractivity contribution >= 4 is 28.8 Å². The molecule has 3 rings (SSSR count). The summed E-state index contributed by atoms with van der Waals surface area (Å²) in [5.74, 6) is -0.447. The first-order valence-electron chi connectivity index (χ1n) is 7.78. The second-order valence-electron chi connectivity index (χ2n) is 5.36. The molecule has 0 radical (unpaired) electrons. The third-order valence-electron chi connectivity index (χ3n) is 3.59. The fourth-order valence-electron chi connectivity index (χ4n) is 2.39. The standard InChI is InChI=1S/C19H17N3O2S/c1-20-18(24)15-9-5-6-10-16(15)22-17(23)11-14-12-25-19(21-14)13-7-3-2-4-8-13/h2-10,12H,11H2,1H3,(H,20,24)(H,22,23). The van der Waals surface area contributed by atoms with Crippen molar-refractivity contribution in [3.05, 3.63) is 71.2 Å². The molecular formula is C19H17N3O2S. The third-order valence-corrected chi connectivity index (χ3v) is 4.53. The fraction of sp³-hybridized carbons (Fsp3) is 0.105. The van der Waals surface area contributed by atoms with Crippen LogP contribution in [0, 0.1) is 0 Å². The van der Waals surface area contributed by atoms with Gasteiger partial charge in [-0.05, 0) is 12.1 Å². The maximum atomic E-state index is 12.3. The van der Waals surface area contributed by atoms with E-state index in [1.165, 1.54) is 11.3 Å². The lowest BCUT2D eigenvalue weighted by Gasteiger charge is -2.09. The first-order valence-corrected chi connectivity index (χ1v) is 8.66. The molecule has 0 saturated carbocycles. The molecule has 126 valence electrons. The molecule has 0 aliphatic rings. The summed E-state index contributed by atoms with van der Waals surface area (Å²) in [6, 6.07) is 16.8. The first-order chi connectivity index (χ1) is 12.2. The number of carbonyl (C=O) groups excluding carboxylic acids is 2. The van der Waals surface area contributed by atoms with Gasteiger partial charge in [0.05, 0.1) is 23.4 Å². The molecular weight excluding hydrogens is 334 g/mol. The molecule has 1 heterocycles. The van der Waals surface area contributed by atoms with Gasteiger partial charge in [0.25, 0.3) is 5.91 Å². The number of nitrogens with zero attached hydrogens (tertiary/aromatic N) is 1. The molecule has 1 aromatic heterocycles. The van der Waals surface area contributed by atoms with E-state index in [2.05, 4.69) is 15.6 Å². The topological polar surface area (TPSA) is 71.1 Å². The summed E-state index contributed by atoms with van der Waals surface area (Å²) < 4.78 is 0. The van der Waals surface area contributed by atoms with Crippen LogP contribution in [-0.4, -0.2) is 23.8 Å². The van der Waals surface area contributed by atoms with E-state index >= 15 is 0 Å². The Labute approximate surface area is 149 Å². The summed E-state index contributed by atoms with van der Waals surface area (Å²) in [6.45, 7) is 0. The van der Waals surface area contributed by atoms with Gasteiger partial charge in [-0.1, -0.05) is 42.5 Å². The average Bonchev–Trinajstić information content (AvgIpc) is 3.10. The summed E-state index contributed by atoms with van der Waals surface area (Å²) in [4.78, 5) is 28.7. The van der Waals surface area contributed by atoms with Gasteiger partial charge in [0.15, 0.2) is 0 Å². The van der Waals surface area contributed by atoms with Crippen LogP contribution in [0.2, 0.25) is 0 Å². The summed E-state index contributed by atoms with van der Waals surface area (Å²) in [5, 5.41) is 8.12. The number of rotatable bonds is 5. The van der Waals surface area contributed by atoms with Crippen molar-refractivity contribution < 1.29 is 9.59 Å². The molecule has 2 N–H and O–H groups in total. The molecule has 0 fully saturated rings. The third kappa shape index (κ3) is 4.10. The predicted octanol–water partition coefficient (Wildman–Crippen LogP) is 3.35. The normalized spacial score (nSPS) is 10.3. The highest BCUT2D eigenvalue weighted by Gasteiger charge is 2.13. The van der Waals surface area contributed by atoms with E-state index in [4.69, 9.17) is 0 Å². The lowest BCUT2D eigenvalue weighted by Crippen LogP contribution is -2.22. The van der Waals surface area contributed by atoms with E-state index in [9.17, 15) is 9.59 Å². The van der Waals surface area contributed by atoms with Crippen molar-refractivity contribution in [1.82, 2.24) is 10.3 Å². The van der Waals surface area contributed by atoms with Crippen LogP contribution >= 0.6 is 11.3 Å². The summed E-state index contributed by atoms with van der Waals surface area (Å²) in [5.41, 5.74) is 2.66. The maximum Gasteiger partial charge on any atom is 0.253 e. The number of carbonyl (C=O) groups is 2. The Balaban J connectivity index is 1.70. The minimum Gasteiger partial charge on any atom is -0.355 e. The summed E-state index contributed by atoms with van der Waals surface area (Å²) >= 11 is 1.51. The largest absolute Gasteiger partial charge is 0.355 e. The van der Waals surface area contributed by atoms with Crippen LogP contribution in [0.5, 0.6) is 0 Å². The molecule has 0 bridgehead atoms. The van der Waals surface area contributed by atoms with E-state index in [0.29, 0.717) is 16.9 Å². The zero-order chi connectivity index (χ0) is 17.6. The molecule has 2 aromatic carbocycles. The monoisotopic (exact) mass is 351 g/mol. The molecule has 0 aliphatic heterocycles. The van der Waals surface area contributed by atoms with E-state index in [-0.39, 0.29) is 18.2 Å². The number of hydrogen-bond donors (Lipinski definition) is 2. The van der Waals surface area contributed by atoms with Gasteiger partial charge in [-0.25, -0.2) is 4.98 Å². The Morgan fingerprint density at radius 1 is 1.04 bits per heavy atom. The van der Waals surface area contributed by atoms with Gasteiger partial charge in [0.1, 0.15) is 5.01 Å². The number of aromatic nitrogens is 1. The fourth-order valence-corrected chi connectivity index (χ4v) is 3.21. The SMILES string of the molecule is CNC(=O)c1ccccc1NC(=O)Cc1csc(-c2ccccc2)n1. The van der Waals surface area contributed by atoms with Crippen molar-refractivity contribution in [2.24, 2.45) is 0 Å².